The van der Waals surface area contributed by atoms with Gasteiger partial charge in [0.05, 0.1) is 0 Å². The molecule has 2 rings (SSSR count). The van der Waals surface area contributed by atoms with Gasteiger partial charge in [0.1, 0.15) is 0 Å². The first-order valence-electron chi connectivity index (χ1n) is 8.17. The van der Waals surface area contributed by atoms with Gasteiger partial charge in [0.2, 0.25) is 0 Å². The molecule has 0 aliphatic rings. The summed E-state index contributed by atoms with van der Waals surface area (Å²) in [6, 6.07) is 14.8. The molecular weight excluding hydrogens is 266 g/mol. The van der Waals surface area contributed by atoms with E-state index in [0.29, 0.717) is 24.0 Å². The zero-order valence-electron chi connectivity index (χ0n) is 14.4. The average Bonchev–Trinajstić information content (AvgIpc) is 2.47. The zero-order chi connectivity index (χ0) is 16.3. The summed E-state index contributed by atoms with van der Waals surface area (Å²) in [7, 11) is 0. The lowest BCUT2D eigenvalue weighted by Gasteiger charge is -2.20. The average molecular weight is 293 g/mol. The Labute approximate surface area is 134 Å². The van der Waals surface area contributed by atoms with Gasteiger partial charge in [0, 0.05) is 12.1 Å². The quantitative estimate of drug-likeness (QED) is 0.668. The van der Waals surface area contributed by atoms with Gasteiger partial charge in [-0.1, -0.05) is 70.2 Å². The second-order valence-corrected chi connectivity index (χ2v) is 6.69. The van der Waals surface area contributed by atoms with Crippen molar-refractivity contribution in [3.63, 3.8) is 0 Å². The highest BCUT2D eigenvalue weighted by atomic mass is 14.4. The summed E-state index contributed by atoms with van der Waals surface area (Å²) >= 11 is 0. The summed E-state index contributed by atoms with van der Waals surface area (Å²) in [6.07, 6.45) is 0.715. The summed E-state index contributed by atoms with van der Waals surface area (Å²) in [5, 5.41) is 8.58. The monoisotopic (exact) mass is 293 g/mol. The molecule has 0 unspecified atom stereocenters. The number of hydrogen-bond acceptors (Lipinski definition) is 1. The van der Waals surface area contributed by atoms with Crippen LogP contribution in [0.15, 0.2) is 42.5 Å². The van der Waals surface area contributed by atoms with Crippen LogP contribution in [-0.2, 0) is 6.42 Å². The first-order valence-corrected chi connectivity index (χ1v) is 8.17. The third kappa shape index (κ3) is 3.47. The fourth-order valence-corrected chi connectivity index (χ4v) is 3.09. The minimum absolute atomic E-state index is 0.485. The lowest BCUT2D eigenvalue weighted by molar-refractivity contribution is 0.811. The van der Waals surface area contributed by atoms with E-state index in [1.54, 1.807) is 0 Å². The van der Waals surface area contributed by atoms with Crippen LogP contribution >= 0.6 is 0 Å². The Bertz CT molecular complexity index is 639. The van der Waals surface area contributed by atoms with Crippen LogP contribution in [0.1, 0.15) is 67.3 Å². The fraction of sp³-hybridized carbons (Fsp3) is 0.381. The lowest BCUT2D eigenvalue weighted by Crippen LogP contribution is -2.11. The van der Waals surface area contributed by atoms with Crippen molar-refractivity contribution in [3.8, 4) is 0 Å². The van der Waals surface area contributed by atoms with Crippen molar-refractivity contribution in [2.75, 3.05) is 0 Å². The van der Waals surface area contributed by atoms with Gasteiger partial charge in [0.25, 0.3) is 0 Å². The van der Waals surface area contributed by atoms with Crippen molar-refractivity contribution < 1.29 is 0 Å². The van der Waals surface area contributed by atoms with Gasteiger partial charge in [-0.3, -0.25) is 0 Å². The number of benzene rings is 2. The summed E-state index contributed by atoms with van der Waals surface area (Å²) in [4.78, 5) is 0. The van der Waals surface area contributed by atoms with Crippen LogP contribution in [0.5, 0.6) is 0 Å². The molecule has 0 radical (unpaired) electrons. The van der Waals surface area contributed by atoms with Crippen LogP contribution in [-0.4, -0.2) is 5.71 Å². The van der Waals surface area contributed by atoms with Crippen LogP contribution in [0.4, 0.5) is 0 Å². The Morgan fingerprint density at radius 3 is 1.91 bits per heavy atom. The van der Waals surface area contributed by atoms with Crippen molar-refractivity contribution in [1.29, 1.82) is 5.41 Å². The maximum atomic E-state index is 8.58. The molecule has 1 nitrogen and oxygen atoms in total. The molecular formula is C21H27N. The highest BCUT2D eigenvalue weighted by Crippen LogP contribution is 2.29. The Morgan fingerprint density at radius 1 is 0.864 bits per heavy atom. The van der Waals surface area contributed by atoms with E-state index in [0.717, 1.165) is 5.56 Å². The van der Waals surface area contributed by atoms with E-state index in [9.17, 15) is 0 Å². The molecule has 0 aromatic heterocycles. The molecule has 2 aromatic rings. The van der Waals surface area contributed by atoms with Gasteiger partial charge < -0.3 is 5.41 Å². The molecule has 22 heavy (non-hydrogen) atoms. The maximum Gasteiger partial charge on any atom is 0.0432 e. The standard InChI is InChI=1S/C21H27N/c1-14(2)17-11-8-12-18(15(3)4)20(17)13-21(22)19-10-7-6-9-16(19)5/h6-12,14-15,22H,13H2,1-5H3. The van der Waals surface area contributed by atoms with Gasteiger partial charge >= 0.3 is 0 Å². The second-order valence-electron chi connectivity index (χ2n) is 6.69. The highest BCUT2D eigenvalue weighted by Gasteiger charge is 2.16. The van der Waals surface area contributed by atoms with E-state index in [2.05, 4.69) is 65.0 Å². The molecule has 1 N–H and O–H groups in total. The topological polar surface area (TPSA) is 23.9 Å². The van der Waals surface area contributed by atoms with Gasteiger partial charge in [-0.25, -0.2) is 0 Å². The van der Waals surface area contributed by atoms with Gasteiger partial charge in [0.15, 0.2) is 0 Å². The number of aryl methyl sites for hydroxylation is 1. The summed E-state index contributed by atoms with van der Waals surface area (Å²) < 4.78 is 0. The molecule has 0 bridgehead atoms. The molecule has 0 saturated carbocycles. The van der Waals surface area contributed by atoms with Gasteiger partial charge in [-0.15, -0.1) is 0 Å². The van der Waals surface area contributed by atoms with Crippen LogP contribution in [0.2, 0.25) is 0 Å². The Balaban J connectivity index is 2.44. The minimum Gasteiger partial charge on any atom is -0.304 e. The van der Waals surface area contributed by atoms with Crippen LogP contribution in [0, 0.1) is 12.3 Å². The third-order valence-corrected chi connectivity index (χ3v) is 4.32. The van der Waals surface area contributed by atoms with Gasteiger partial charge in [-0.2, -0.15) is 0 Å². The van der Waals surface area contributed by atoms with Crippen molar-refractivity contribution in [1.82, 2.24) is 0 Å². The molecule has 2 aromatic carbocycles. The normalized spacial score (nSPS) is 11.2. The third-order valence-electron chi connectivity index (χ3n) is 4.32. The molecule has 0 saturated heterocycles. The van der Waals surface area contributed by atoms with E-state index in [4.69, 9.17) is 5.41 Å². The predicted molar refractivity (Wildman–Crippen MR) is 96.3 cm³/mol. The number of hydrogen-bond donors (Lipinski definition) is 1. The van der Waals surface area contributed by atoms with E-state index in [1.165, 1.54) is 22.3 Å². The molecule has 116 valence electrons. The summed E-state index contributed by atoms with van der Waals surface area (Å²) in [6.45, 7) is 11.0. The predicted octanol–water partition coefficient (Wildman–Crippen LogP) is 5.85. The lowest BCUT2D eigenvalue weighted by atomic mass is 9.85. The molecule has 0 aliphatic heterocycles. The first-order chi connectivity index (χ1) is 10.4. The van der Waals surface area contributed by atoms with E-state index < -0.39 is 0 Å². The molecule has 1 heteroatoms. The second kappa shape index (κ2) is 6.91. The molecule has 0 heterocycles. The van der Waals surface area contributed by atoms with E-state index in [-0.39, 0.29) is 0 Å². The van der Waals surface area contributed by atoms with Crippen LogP contribution in [0.3, 0.4) is 0 Å². The smallest absolute Gasteiger partial charge is 0.0432 e. The molecule has 0 spiro atoms. The fourth-order valence-electron chi connectivity index (χ4n) is 3.09. The first kappa shape index (κ1) is 16.5. The van der Waals surface area contributed by atoms with Crippen LogP contribution < -0.4 is 0 Å². The maximum absolute atomic E-state index is 8.58. The zero-order valence-corrected chi connectivity index (χ0v) is 14.4. The molecule has 0 atom stereocenters. The number of nitrogens with one attached hydrogen (secondary N) is 1. The number of rotatable bonds is 5. The largest absolute Gasteiger partial charge is 0.304 e. The molecule has 0 amide bonds. The van der Waals surface area contributed by atoms with Crippen molar-refractivity contribution in [3.05, 3.63) is 70.3 Å². The Hall–Kier alpha value is -1.89. The SMILES string of the molecule is Cc1ccccc1C(=N)Cc1c(C(C)C)cccc1C(C)C. The molecule has 0 fully saturated rings. The van der Waals surface area contributed by atoms with Crippen LogP contribution in [0.25, 0.3) is 0 Å². The summed E-state index contributed by atoms with van der Waals surface area (Å²) in [5.74, 6) is 0.969. The van der Waals surface area contributed by atoms with E-state index in [1.807, 2.05) is 12.1 Å². The van der Waals surface area contributed by atoms with Crippen molar-refractivity contribution >= 4 is 5.71 Å². The van der Waals surface area contributed by atoms with E-state index >= 15 is 0 Å². The minimum atomic E-state index is 0.485. The Kier molecular flexibility index (Phi) is 5.18. The van der Waals surface area contributed by atoms with Gasteiger partial charge in [-0.05, 0) is 46.6 Å². The Morgan fingerprint density at radius 2 is 1.41 bits per heavy atom. The molecule has 0 aliphatic carbocycles. The summed E-state index contributed by atoms with van der Waals surface area (Å²) in [5.41, 5.74) is 7.07. The van der Waals surface area contributed by atoms with Crippen molar-refractivity contribution in [2.45, 2.75) is 52.9 Å². The highest BCUT2D eigenvalue weighted by molar-refractivity contribution is 6.01. The van der Waals surface area contributed by atoms with Crippen molar-refractivity contribution in [2.24, 2.45) is 0 Å².